The van der Waals surface area contributed by atoms with Gasteiger partial charge < -0.3 is 13.8 Å². The minimum atomic E-state index is -0.0955. The van der Waals surface area contributed by atoms with Crippen molar-refractivity contribution in [3.05, 3.63) is 64.9 Å². The number of rotatable bonds is 4. The molecule has 0 aliphatic carbocycles. The maximum Gasteiger partial charge on any atom is 0.292 e. The van der Waals surface area contributed by atoms with E-state index in [0.717, 1.165) is 36.4 Å². The highest BCUT2D eigenvalue weighted by molar-refractivity contribution is 7.08. The Labute approximate surface area is 165 Å². The SMILES string of the molecule is O=C(c1ccno1)N1CCN(Cc2cc3cc(-c4ccsc4)ccc3o2)CC1. The van der Waals surface area contributed by atoms with E-state index < -0.39 is 0 Å². The van der Waals surface area contributed by atoms with Crippen molar-refractivity contribution >= 4 is 28.2 Å². The third kappa shape index (κ3) is 3.34. The van der Waals surface area contributed by atoms with Gasteiger partial charge in [0.05, 0.1) is 12.7 Å². The molecule has 1 fully saturated rings. The molecule has 0 spiro atoms. The molecule has 1 saturated heterocycles. The van der Waals surface area contributed by atoms with Gasteiger partial charge in [0.2, 0.25) is 5.76 Å². The van der Waals surface area contributed by atoms with Crippen LogP contribution in [-0.2, 0) is 6.54 Å². The first-order valence-electron chi connectivity index (χ1n) is 9.24. The van der Waals surface area contributed by atoms with E-state index >= 15 is 0 Å². The lowest BCUT2D eigenvalue weighted by atomic mass is 10.1. The molecule has 7 heteroatoms. The molecule has 28 heavy (non-hydrogen) atoms. The Kier molecular flexibility index (Phi) is 4.46. The topological polar surface area (TPSA) is 62.7 Å². The van der Waals surface area contributed by atoms with E-state index in [2.05, 4.69) is 45.1 Å². The Hall–Kier alpha value is -2.90. The van der Waals surface area contributed by atoms with Crippen LogP contribution in [0.5, 0.6) is 0 Å². The van der Waals surface area contributed by atoms with E-state index in [0.29, 0.717) is 18.8 Å². The summed E-state index contributed by atoms with van der Waals surface area (Å²) in [5, 5.41) is 8.98. The number of carbonyl (C=O) groups is 1. The van der Waals surface area contributed by atoms with E-state index in [1.165, 1.54) is 17.3 Å². The summed E-state index contributed by atoms with van der Waals surface area (Å²) in [6, 6.07) is 12.2. The lowest BCUT2D eigenvalue weighted by molar-refractivity contribution is 0.0581. The standard InChI is InChI=1S/C21H19N3O3S/c25-21(20-3-5-22-27-20)24-8-6-23(7-9-24)13-18-12-17-11-15(1-2-19(17)26-18)16-4-10-28-14-16/h1-5,10-12,14H,6-9,13H2. The molecule has 4 aromatic rings. The van der Waals surface area contributed by atoms with Crippen LogP contribution in [0.3, 0.4) is 0 Å². The van der Waals surface area contributed by atoms with Gasteiger partial charge in [-0.2, -0.15) is 11.3 Å². The largest absolute Gasteiger partial charge is 0.460 e. The number of amides is 1. The number of hydrogen-bond acceptors (Lipinski definition) is 6. The van der Waals surface area contributed by atoms with Gasteiger partial charge >= 0.3 is 0 Å². The number of piperazine rings is 1. The number of aromatic nitrogens is 1. The van der Waals surface area contributed by atoms with Crippen molar-refractivity contribution in [2.75, 3.05) is 26.2 Å². The average Bonchev–Trinajstić information content (AvgIpc) is 3.48. The zero-order chi connectivity index (χ0) is 18.9. The van der Waals surface area contributed by atoms with Crippen LogP contribution in [0.4, 0.5) is 0 Å². The zero-order valence-corrected chi connectivity index (χ0v) is 16.0. The third-order valence-corrected chi connectivity index (χ3v) is 5.79. The van der Waals surface area contributed by atoms with Gasteiger partial charge in [-0.3, -0.25) is 9.69 Å². The second kappa shape index (κ2) is 7.26. The minimum absolute atomic E-state index is 0.0955. The Morgan fingerprint density at radius 1 is 1.07 bits per heavy atom. The predicted octanol–water partition coefficient (Wildman–Crippen LogP) is 4.11. The molecule has 1 aliphatic rings. The maximum atomic E-state index is 12.3. The van der Waals surface area contributed by atoms with Crippen LogP contribution in [0.1, 0.15) is 16.3 Å². The fourth-order valence-corrected chi connectivity index (χ4v) is 4.26. The molecule has 1 amide bonds. The first-order chi connectivity index (χ1) is 13.8. The third-order valence-electron chi connectivity index (χ3n) is 5.11. The van der Waals surface area contributed by atoms with E-state index in [1.807, 2.05) is 11.0 Å². The molecule has 4 heterocycles. The number of fused-ring (bicyclic) bond motifs is 1. The van der Waals surface area contributed by atoms with Gasteiger partial charge in [0, 0.05) is 37.6 Å². The molecule has 1 aliphatic heterocycles. The maximum absolute atomic E-state index is 12.3. The van der Waals surface area contributed by atoms with Crippen molar-refractivity contribution in [2.24, 2.45) is 0 Å². The van der Waals surface area contributed by atoms with Crippen molar-refractivity contribution in [1.29, 1.82) is 0 Å². The number of carbonyl (C=O) groups excluding carboxylic acids is 1. The Morgan fingerprint density at radius 3 is 2.71 bits per heavy atom. The number of benzene rings is 1. The molecule has 0 N–H and O–H groups in total. The highest BCUT2D eigenvalue weighted by Gasteiger charge is 2.24. The fraction of sp³-hybridized carbons (Fsp3) is 0.238. The van der Waals surface area contributed by atoms with Crippen LogP contribution >= 0.6 is 11.3 Å². The van der Waals surface area contributed by atoms with E-state index in [9.17, 15) is 4.79 Å². The average molecular weight is 393 g/mol. The summed E-state index contributed by atoms with van der Waals surface area (Å²) < 4.78 is 11.0. The number of nitrogens with zero attached hydrogens (tertiary/aromatic N) is 3. The molecule has 0 bridgehead atoms. The summed E-state index contributed by atoms with van der Waals surface area (Å²) in [4.78, 5) is 16.4. The van der Waals surface area contributed by atoms with Crippen molar-refractivity contribution < 1.29 is 13.7 Å². The smallest absolute Gasteiger partial charge is 0.292 e. The highest BCUT2D eigenvalue weighted by atomic mass is 32.1. The summed E-state index contributed by atoms with van der Waals surface area (Å²) in [5.74, 6) is 1.15. The van der Waals surface area contributed by atoms with Gasteiger partial charge in [0.1, 0.15) is 11.3 Å². The highest BCUT2D eigenvalue weighted by Crippen LogP contribution is 2.28. The first-order valence-corrected chi connectivity index (χ1v) is 10.2. The second-order valence-corrected chi connectivity index (χ2v) is 7.70. The van der Waals surface area contributed by atoms with Crippen molar-refractivity contribution in [1.82, 2.24) is 15.0 Å². The molecular weight excluding hydrogens is 374 g/mol. The van der Waals surface area contributed by atoms with Gasteiger partial charge in [-0.05, 0) is 46.2 Å². The van der Waals surface area contributed by atoms with Gasteiger partial charge in [0.15, 0.2) is 0 Å². The minimum Gasteiger partial charge on any atom is -0.460 e. The number of furan rings is 1. The van der Waals surface area contributed by atoms with E-state index in [4.69, 9.17) is 8.94 Å². The van der Waals surface area contributed by atoms with Crippen LogP contribution in [-0.4, -0.2) is 47.0 Å². The van der Waals surface area contributed by atoms with Crippen LogP contribution in [0.25, 0.3) is 22.1 Å². The Bertz CT molecular complexity index is 1080. The van der Waals surface area contributed by atoms with Crippen molar-refractivity contribution in [3.8, 4) is 11.1 Å². The van der Waals surface area contributed by atoms with Gasteiger partial charge in [-0.15, -0.1) is 0 Å². The Morgan fingerprint density at radius 2 is 1.96 bits per heavy atom. The van der Waals surface area contributed by atoms with Crippen LogP contribution in [0.2, 0.25) is 0 Å². The number of hydrogen-bond donors (Lipinski definition) is 0. The van der Waals surface area contributed by atoms with Gasteiger partial charge in [0.25, 0.3) is 5.91 Å². The summed E-state index contributed by atoms with van der Waals surface area (Å²) in [7, 11) is 0. The normalized spacial score (nSPS) is 15.4. The van der Waals surface area contributed by atoms with Gasteiger partial charge in [-0.1, -0.05) is 11.2 Å². The zero-order valence-electron chi connectivity index (χ0n) is 15.2. The summed E-state index contributed by atoms with van der Waals surface area (Å²) in [6.45, 7) is 3.69. The van der Waals surface area contributed by atoms with Crippen molar-refractivity contribution in [2.45, 2.75) is 6.54 Å². The van der Waals surface area contributed by atoms with E-state index in [1.54, 1.807) is 17.4 Å². The van der Waals surface area contributed by atoms with Crippen LogP contribution < -0.4 is 0 Å². The second-order valence-electron chi connectivity index (χ2n) is 6.92. The lowest BCUT2D eigenvalue weighted by Gasteiger charge is -2.33. The molecule has 0 atom stereocenters. The molecule has 0 unspecified atom stereocenters. The molecule has 142 valence electrons. The van der Waals surface area contributed by atoms with Gasteiger partial charge in [-0.25, -0.2) is 0 Å². The lowest BCUT2D eigenvalue weighted by Crippen LogP contribution is -2.48. The molecular formula is C21H19N3O3S. The first kappa shape index (κ1) is 17.2. The fourth-order valence-electron chi connectivity index (χ4n) is 3.60. The molecule has 6 nitrogen and oxygen atoms in total. The monoisotopic (exact) mass is 393 g/mol. The van der Waals surface area contributed by atoms with Crippen LogP contribution in [0, 0.1) is 0 Å². The predicted molar refractivity (Wildman–Crippen MR) is 107 cm³/mol. The summed E-state index contributed by atoms with van der Waals surface area (Å²) in [5.41, 5.74) is 3.36. The van der Waals surface area contributed by atoms with Crippen molar-refractivity contribution in [3.63, 3.8) is 0 Å². The van der Waals surface area contributed by atoms with Crippen LogP contribution in [0.15, 0.2) is 62.3 Å². The molecule has 0 radical (unpaired) electrons. The molecule has 5 rings (SSSR count). The summed E-state index contributed by atoms with van der Waals surface area (Å²) in [6.07, 6.45) is 1.49. The van der Waals surface area contributed by atoms with E-state index in [-0.39, 0.29) is 5.91 Å². The number of thiophene rings is 1. The molecule has 0 saturated carbocycles. The Balaban J connectivity index is 1.24. The molecule has 3 aromatic heterocycles. The quantitative estimate of drug-likeness (QED) is 0.522. The molecule has 1 aromatic carbocycles. The summed E-state index contributed by atoms with van der Waals surface area (Å²) >= 11 is 1.70.